The summed E-state index contributed by atoms with van der Waals surface area (Å²) in [7, 11) is 0. The van der Waals surface area contributed by atoms with Crippen LogP contribution in [0.1, 0.15) is 45.0 Å². The molecule has 1 atom stereocenters. The molecular weight excluding hydrogens is 336 g/mol. The van der Waals surface area contributed by atoms with E-state index < -0.39 is 23.3 Å². The minimum Gasteiger partial charge on any atom is -0.494 e. The molecule has 0 saturated carbocycles. The summed E-state index contributed by atoms with van der Waals surface area (Å²) in [4.78, 5) is 36.0. The van der Waals surface area contributed by atoms with Crippen molar-refractivity contribution in [3.63, 3.8) is 0 Å². The number of nitrogens with one attached hydrogen (secondary N) is 2. The van der Waals surface area contributed by atoms with Crippen LogP contribution >= 0.6 is 0 Å². The molecule has 3 N–H and O–H groups in total. The van der Waals surface area contributed by atoms with Crippen LogP contribution in [0, 0.1) is 11.3 Å². The standard InChI is InChI=1S/C19H28N2O5/c1-6-26-14-9-7-13(8-10-14)16(22)21-15(12(2)3)17(23)20-11-19(4,5)18(24)25/h7-10,12,15H,6,11H2,1-5H3,(H,20,23)(H,21,22)(H,24,25). The van der Waals surface area contributed by atoms with Crippen LogP contribution in [-0.2, 0) is 9.59 Å². The van der Waals surface area contributed by atoms with Crippen LogP contribution in [0.5, 0.6) is 5.75 Å². The number of carboxylic acid groups (broad SMARTS) is 1. The van der Waals surface area contributed by atoms with Gasteiger partial charge in [-0.25, -0.2) is 0 Å². The molecule has 0 bridgehead atoms. The van der Waals surface area contributed by atoms with Crippen LogP contribution in [0.15, 0.2) is 24.3 Å². The minimum atomic E-state index is -1.09. The Morgan fingerprint density at radius 2 is 1.73 bits per heavy atom. The third-order valence-corrected chi connectivity index (χ3v) is 3.95. The zero-order valence-electron chi connectivity index (χ0n) is 16.0. The molecule has 1 aromatic carbocycles. The largest absolute Gasteiger partial charge is 0.494 e. The van der Waals surface area contributed by atoms with Gasteiger partial charge < -0.3 is 20.5 Å². The number of hydrogen-bond donors (Lipinski definition) is 3. The van der Waals surface area contributed by atoms with E-state index >= 15 is 0 Å². The van der Waals surface area contributed by atoms with Crippen molar-refractivity contribution >= 4 is 17.8 Å². The van der Waals surface area contributed by atoms with Crippen molar-refractivity contribution < 1.29 is 24.2 Å². The average Bonchev–Trinajstić information content (AvgIpc) is 2.58. The highest BCUT2D eigenvalue weighted by Crippen LogP contribution is 2.15. The molecule has 0 aliphatic heterocycles. The van der Waals surface area contributed by atoms with E-state index in [9.17, 15) is 14.4 Å². The van der Waals surface area contributed by atoms with Crippen molar-refractivity contribution in [3.05, 3.63) is 29.8 Å². The molecule has 1 aromatic rings. The Bertz CT molecular complexity index is 638. The van der Waals surface area contributed by atoms with Crippen LogP contribution in [0.2, 0.25) is 0 Å². The topological polar surface area (TPSA) is 105 Å². The summed E-state index contributed by atoms with van der Waals surface area (Å²) in [6, 6.07) is 5.88. The molecule has 7 heteroatoms. The number of amides is 2. The summed E-state index contributed by atoms with van der Waals surface area (Å²) in [6.45, 7) is 9.06. The molecule has 1 unspecified atom stereocenters. The maximum atomic E-state index is 12.4. The number of carboxylic acids is 1. The Morgan fingerprint density at radius 3 is 2.19 bits per heavy atom. The van der Waals surface area contributed by atoms with Gasteiger partial charge >= 0.3 is 5.97 Å². The first-order valence-corrected chi connectivity index (χ1v) is 8.63. The van der Waals surface area contributed by atoms with Crippen molar-refractivity contribution in [2.24, 2.45) is 11.3 Å². The zero-order valence-corrected chi connectivity index (χ0v) is 16.0. The maximum absolute atomic E-state index is 12.4. The van der Waals surface area contributed by atoms with Crippen LogP contribution in [0.25, 0.3) is 0 Å². The summed E-state index contributed by atoms with van der Waals surface area (Å²) in [5, 5.41) is 14.4. The predicted molar refractivity (Wildman–Crippen MR) is 98.1 cm³/mol. The van der Waals surface area contributed by atoms with Crippen LogP contribution < -0.4 is 15.4 Å². The van der Waals surface area contributed by atoms with Crippen molar-refractivity contribution in [1.82, 2.24) is 10.6 Å². The Labute approximate surface area is 154 Å². The van der Waals surface area contributed by atoms with Gasteiger partial charge in [0, 0.05) is 12.1 Å². The van der Waals surface area contributed by atoms with Gasteiger partial charge in [0.25, 0.3) is 5.91 Å². The molecular formula is C19H28N2O5. The van der Waals surface area contributed by atoms with E-state index in [-0.39, 0.29) is 18.4 Å². The monoisotopic (exact) mass is 364 g/mol. The van der Waals surface area contributed by atoms with Gasteiger partial charge in [-0.2, -0.15) is 0 Å². The Balaban J connectivity index is 2.76. The van der Waals surface area contributed by atoms with Crippen molar-refractivity contribution in [1.29, 1.82) is 0 Å². The highest BCUT2D eigenvalue weighted by Gasteiger charge is 2.30. The zero-order chi connectivity index (χ0) is 19.9. The van der Waals surface area contributed by atoms with Gasteiger partial charge in [-0.05, 0) is 51.0 Å². The lowest BCUT2D eigenvalue weighted by atomic mass is 9.93. The van der Waals surface area contributed by atoms with Crippen LogP contribution in [0.4, 0.5) is 0 Å². The van der Waals surface area contributed by atoms with E-state index in [1.807, 2.05) is 20.8 Å². The van der Waals surface area contributed by atoms with Gasteiger partial charge in [0.15, 0.2) is 0 Å². The van der Waals surface area contributed by atoms with Crippen molar-refractivity contribution in [2.45, 2.75) is 40.7 Å². The fourth-order valence-corrected chi connectivity index (χ4v) is 2.12. The smallest absolute Gasteiger partial charge is 0.310 e. The van der Waals surface area contributed by atoms with Gasteiger partial charge in [0.2, 0.25) is 5.91 Å². The van der Waals surface area contributed by atoms with Gasteiger partial charge in [0.1, 0.15) is 11.8 Å². The number of aliphatic carboxylic acids is 1. The summed E-state index contributed by atoms with van der Waals surface area (Å²) >= 11 is 0. The van der Waals surface area contributed by atoms with E-state index in [0.717, 1.165) is 0 Å². The first-order valence-electron chi connectivity index (χ1n) is 8.63. The summed E-state index contributed by atoms with van der Waals surface area (Å²) in [5.74, 6) is -1.28. The van der Waals surface area contributed by atoms with E-state index in [0.29, 0.717) is 17.9 Å². The lowest BCUT2D eigenvalue weighted by Crippen LogP contribution is -2.52. The third-order valence-electron chi connectivity index (χ3n) is 3.95. The maximum Gasteiger partial charge on any atom is 0.310 e. The minimum absolute atomic E-state index is 0.0245. The van der Waals surface area contributed by atoms with E-state index in [1.54, 1.807) is 24.3 Å². The van der Waals surface area contributed by atoms with E-state index in [1.165, 1.54) is 13.8 Å². The van der Waals surface area contributed by atoms with E-state index in [2.05, 4.69) is 10.6 Å². The molecule has 0 fully saturated rings. The van der Waals surface area contributed by atoms with Crippen molar-refractivity contribution in [2.75, 3.05) is 13.2 Å². The number of benzene rings is 1. The van der Waals surface area contributed by atoms with Crippen LogP contribution in [0.3, 0.4) is 0 Å². The second kappa shape index (κ2) is 9.22. The second-order valence-electron chi connectivity index (χ2n) is 7.06. The number of ether oxygens (including phenoxy) is 1. The fourth-order valence-electron chi connectivity index (χ4n) is 2.12. The summed E-state index contributed by atoms with van der Waals surface area (Å²) in [6.07, 6.45) is 0. The molecule has 26 heavy (non-hydrogen) atoms. The Morgan fingerprint density at radius 1 is 1.15 bits per heavy atom. The molecule has 1 rings (SSSR count). The molecule has 7 nitrogen and oxygen atoms in total. The van der Waals surface area contributed by atoms with Gasteiger partial charge in [-0.1, -0.05) is 13.8 Å². The lowest BCUT2D eigenvalue weighted by Gasteiger charge is -2.25. The Kier molecular flexibility index (Phi) is 7.61. The van der Waals surface area contributed by atoms with Gasteiger partial charge in [-0.3, -0.25) is 14.4 Å². The molecule has 2 amide bonds. The summed E-state index contributed by atoms with van der Waals surface area (Å²) < 4.78 is 5.34. The molecule has 0 aromatic heterocycles. The quantitative estimate of drug-likeness (QED) is 0.622. The van der Waals surface area contributed by atoms with Crippen molar-refractivity contribution in [3.8, 4) is 5.75 Å². The predicted octanol–water partition coefficient (Wildman–Crippen LogP) is 2.07. The number of hydrogen-bond acceptors (Lipinski definition) is 4. The third kappa shape index (κ3) is 6.06. The number of carbonyl (C=O) groups excluding carboxylic acids is 2. The molecule has 144 valence electrons. The molecule has 0 spiro atoms. The highest BCUT2D eigenvalue weighted by atomic mass is 16.5. The number of carbonyl (C=O) groups is 3. The first kappa shape index (κ1) is 21.5. The van der Waals surface area contributed by atoms with Crippen LogP contribution in [-0.4, -0.2) is 42.1 Å². The fraction of sp³-hybridized carbons (Fsp3) is 0.526. The van der Waals surface area contributed by atoms with Gasteiger partial charge in [0.05, 0.1) is 12.0 Å². The lowest BCUT2D eigenvalue weighted by molar-refractivity contribution is -0.146. The molecule has 0 radical (unpaired) electrons. The molecule has 0 aliphatic carbocycles. The highest BCUT2D eigenvalue weighted by molar-refractivity contribution is 5.97. The first-order chi connectivity index (χ1) is 12.1. The second-order valence-corrected chi connectivity index (χ2v) is 7.06. The van der Waals surface area contributed by atoms with Gasteiger partial charge in [-0.15, -0.1) is 0 Å². The SMILES string of the molecule is CCOc1ccc(C(=O)NC(C(=O)NCC(C)(C)C(=O)O)C(C)C)cc1. The normalized spacial score (nSPS) is 12.4. The van der Waals surface area contributed by atoms with E-state index in [4.69, 9.17) is 9.84 Å². The molecule has 0 saturated heterocycles. The molecule has 0 aliphatic rings. The Hall–Kier alpha value is -2.57. The number of rotatable bonds is 9. The molecule has 0 heterocycles. The average molecular weight is 364 g/mol. The summed E-state index contributed by atoms with van der Waals surface area (Å²) in [5.41, 5.74) is -0.672.